The number of anilines is 2. The lowest BCUT2D eigenvalue weighted by atomic mass is 9.97. The van der Waals surface area contributed by atoms with Crippen LogP contribution in [-0.2, 0) is 4.79 Å². The topological polar surface area (TPSA) is 62.5 Å². The van der Waals surface area contributed by atoms with Crippen molar-refractivity contribution in [3.8, 4) is 11.3 Å². The second kappa shape index (κ2) is 8.52. The number of halogens is 2. The van der Waals surface area contributed by atoms with Crippen molar-refractivity contribution in [3.63, 3.8) is 0 Å². The molecule has 164 valence electrons. The molecule has 0 saturated carbocycles. The number of rotatable bonds is 4. The summed E-state index contributed by atoms with van der Waals surface area (Å²) in [7, 11) is 0. The number of nitrogens with zero attached hydrogens (tertiary/aromatic N) is 4. The summed E-state index contributed by atoms with van der Waals surface area (Å²) in [5.74, 6) is -0.405. The van der Waals surface area contributed by atoms with E-state index in [1.54, 1.807) is 22.7 Å². The normalized spacial score (nSPS) is 16.5. The first kappa shape index (κ1) is 20.9. The third kappa shape index (κ3) is 4.20. The van der Waals surface area contributed by atoms with Gasteiger partial charge in [0.05, 0.1) is 17.8 Å². The number of hydrogen-bond acceptors (Lipinski definition) is 5. The SMILES string of the molecule is Cc1ccc(Cl)cc1NC(=O)[C@@H]1CCCN(c2nn3cc(-c4ccc(F)cc4)nc3s2)C1. The zero-order valence-corrected chi connectivity index (χ0v) is 19.0. The summed E-state index contributed by atoms with van der Waals surface area (Å²) < 4.78 is 14.9. The lowest BCUT2D eigenvalue weighted by molar-refractivity contribution is -0.120. The van der Waals surface area contributed by atoms with Crippen molar-refractivity contribution in [1.82, 2.24) is 14.6 Å². The van der Waals surface area contributed by atoms with Crippen LogP contribution in [0.3, 0.4) is 0 Å². The summed E-state index contributed by atoms with van der Waals surface area (Å²) in [6, 6.07) is 11.8. The zero-order valence-electron chi connectivity index (χ0n) is 17.4. The van der Waals surface area contributed by atoms with Crippen LogP contribution in [0.5, 0.6) is 0 Å². The van der Waals surface area contributed by atoms with Gasteiger partial charge in [-0.1, -0.05) is 29.0 Å². The lowest BCUT2D eigenvalue weighted by Gasteiger charge is -2.31. The minimum atomic E-state index is -0.274. The molecule has 0 unspecified atom stereocenters. The van der Waals surface area contributed by atoms with Crippen LogP contribution in [0.2, 0.25) is 5.02 Å². The molecule has 0 radical (unpaired) electrons. The number of amides is 1. The highest BCUT2D eigenvalue weighted by Crippen LogP contribution is 2.30. The predicted octanol–water partition coefficient (Wildman–Crippen LogP) is 5.41. The van der Waals surface area contributed by atoms with E-state index in [4.69, 9.17) is 11.6 Å². The molecule has 0 aliphatic carbocycles. The van der Waals surface area contributed by atoms with Gasteiger partial charge in [0.1, 0.15) is 5.82 Å². The molecule has 0 spiro atoms. The number of fused-ring (bicyclic) bond motifs is 1. The minimum Gasteiger partial charge on any atom is -0.346 e. The molecule has 1 saturated heterocycles. The Bertz CT molecular complexity index is 1250. The summed E-state index contributed by atoms with van der Waals surface area (Å²) in [4.78, 5) is 20.5. The van der Waals surface area contributed by atoms with Gasteiger partial charge in [0, 0.05) is 29.4 Å². The number of benzene rings is 2. The first-order chi connectivity index (χ1) is 15.5. The third-order valence-electron chi connectivity index (χ3n) is 5.69. The second-order valence-electron chi connectivity index (χ2n) is 7.98. The molecule has 1 aliphatic rings. The molecule has 1 N–H and O–H groups in total. The van der Waals surface area contributed by atoms with Gasteiger partial charge < -0.3 is 10.2 Å². The van der Waals surface area contributed by atoms with Gasteiger partial charge in [-0.05, 0) is 61.7 Å². The van der Waals surface area contributed by atoms with Crippen LogP contribution in [0, 0.1) is 18.7 Å². The first-order valence-electron chi connectivity index (χ1n) is 10.4. The fraction of sp³-hybridized carbons (Fsp3) is 0.261. The smallest absolute Gasteiger partial charge is 0.229 e. The van der Waals surface area contributed by atoms with Crippen LogP contribution < -0.4 is 10.2 Å². The van der Waals surface area contributed by atoms with Gasteiger partial charge in [0.15, 0.2) is 0 Å². The van der Waals surface area contributed by atoms with Crippen molar-refractivity contribution < 1.29 is 9.18 Å². The van der Waals surface area contributed by atoms with Crippen molar-refractivity contribution in [3.05, 3.63) is 65.1 Å². The number of carbonyl (C=O) groups is 1. The molecule has 6 nitrogen and oxygen atoms in total. The van der Waals surface area contributed by atoms with Gasteiger partial charge in [-0.3, -0.25) is 4.79 Å². The number of piperidine rings is 1. The minimum absolute atomic E-state index is 0.00000337. The third-order valence-corrected chi connectivity index (χ3v) is 6.91. The molecule has 3 heterocycles. The second-order valence-corrected chi connectivity index (χ2v) is 9.35. The van der Waals surface area contributed by atoms with Crippen molar-refractivity contribution in [1.29, 1.82) is 0 Å². The summed E-state index contributed by atoms with van der Waals surface area (Å²) in [5, 5.41) is 9.15. The van der Waals surface area contributed by atoms with Gasteiger partial charge in [0.2, 0.25) is 16.0 Å². The molecule has 1 amide bonds. The molecule has 1 aliphatic heterocycles. The van der Waals surface area contributed by atoms with E-state index in [1.165, 1.54) is 23.5 Å². The quantitative estimate of drug-likeness (QED) is 0.434. The van der Waals surface area contributed by atoms with E-state index in [2.05, 4.69) is 20.3 Å². The Morgan fingerprint density at radius 1 is 1.25 bits per heavy atom. The Morgan fingerprint density at radius 2 is 2.06 bits per heavy atom. The van der Waals surface area contributed by atoms with Crippen molar-refractivity contribution >= 4 is 44.6 Å². The predicted molar refractivity (Wildman–Crippen MR) is 126 cm³/mol. The summed E-state index contributed by atoms with van der Waals surface area (Å²) in [5.41, 5.74) is 3.33. The van der Waals surface area contributed by atoms with Gasteiger partial charge >= 0.3 is 0 Å². The van der Waals surface area contributed by atoms with Crippen molar-refractivity contribution in [2.45, 2.75) is 19.8 Å². The molecule has 2 aromatic heterocycles. The Balaban J connectivity index is 1.30. The largest absolute Gasteiger partial charge is 0.346 e. The maximum Gasteiger partial charge on any atom is 0.229 e. The number of hydrogen-bond donors (Lipinski definition) is 1. The average molecular weight is 470 g/mol. The Morgan fingerprint density at radius 3 is 2.84 bits per heavy atom. The van der Waals surface area contributed by atoms with E-state index in [-0.39, 0.29) is 17.6 Å². The number of nitrogens with one attached hydrogen (secondary N) is 1. The highest BCUT2D eigenvalue weighted by molar-refractivity contribution is 7.20. The van der Waals surface area contributed by atoms with E-state index in [0.717, 1.165) is 52.0 Å². The monoisotopic (exact) mass is 469 g/mol. The number of carbonyl (C=O) groups excluding carboxylic acids is 1. The maximum absolute atomic E-state index is 13.2. The van der Waals surface area contributed by atoms with Crippen LogP contribution in [-0.4, -0.2) is 33.6 Å². The summed E-state index contributed by atoms with van der Waals surface area (Å²) in [6.07, 6.45) is 3.59. The van der Waals surface area contributed by atoms with E-state index >= 15 is 0 Å². The van der Waals surface area contributed by atoms with Crippen LogP contribution in [0.4, 0.5) is 15.2 Å². The highest BCUT2D eigenvalue weighted by atomic mass is 35.5. The van der Waals surface area contributed by atoms with Gasteiger partial charge in [0.25, 0.3) is 0 Å². The lowest BCUT2D eigenvalue weighted by Crippen LogP contribution is -2.40. The van der Waals surface area contributed by atoms with Gasteiger partial charge in [-0.15, -0.1) is 5.10 Å². The van der Waals surface area contributed by atoms with E-state index in [9.17, 15) is 9.18 Å². The molecule has 0 bridgehead atoms. The molecular weight excluding hydrogens is 449 g/mol. The highest BCUT2D eigenvalue weighted by Gasteiger charge is 2.28. The van der Waals surface area contributed by atoms with Crippen LogP contribution in [0.25, 0.3) is 16.2 Å². The summed E-state index contributed by atoms with van der Waals surface area (Å²) >= 11 is 7.57. The molecule has 2 aromatic carbocycles. The number of aromatic nitrogens is 3. The van der Waals surface area contributed by atoms with E-state index < -0.39 is 0 Å². The molecule has 32 heavy (non-hydrogen) atoms. The number of imidazole rings is 1. The van der Waals surface area contributed by atoms with Crippen molar-refractivity contribution in [2.24, 2.45) is 5.92 Å². The van der Waals surface area contributed by atoms with Gasteiger partial charge in [-0.25, -0.2) is 13.9 Å². The maximum atomic E-state index is 13.2. The fourth-order valence-corrected chi connectivity index (χ4v) is 5.00. The molecule has 9 heteroatoms. The van der Waals surface area contributed by atoms with E-state index in [1.807, 2.05) is 25.3 Å². The zero-order chi connectivity index (χ0) is 22.2. The van der Waals surface area contributed by atoms with Crippen LogP contribution >= 0.6 is 22.9 Å². The van der Waals surface area contributed by atoms with Crippen molar-refractivity contribution in [2.75, 3.05) is 23.3 Å². The standard InChI is InChI=1S/C23H21ClFN5OS/c1-14-4-7-17(24)11-19(14)26-21(31)16-3-2-10-29(12-16)23-28-30-13-20(27-22(30)32-23)15-5-8-18(25)9-6-15/h4-9,11,13,16H,2-3,10,12H2,1H3,(H,26,31)/t16-/m1/s1. The van der Waals surface area contributed by atoms with Crippen LogP contribution in [0.1, 0.15) is 18.4 Å². The molecule has 5 rings (SSSR count). The first-order valence-corrected chi connectivity index (χ1v) is 11.6. The van der Waals surface area contributed by atoms with Gasteiger partial charge in [-0.2, -0.15) is 0 Å². The Kier molecular flexibility index (Phi) is 5.57. The molecule has 1 atom stereocenters. The molecular formula is C23H21ClFN5OS. The fourth-order valence-electron chi connectivity index (χ4n) is 3.91. The Labute approximate surface area is 193 Å². The number of aryl methyl sites for hydroxylation is 1. The Hall–Kier alpha value is -2.97. The molecule has 4 aromatic rings. The molecule has 1 fully saturated rings. The van der Waals surface area contributed by atoms with Crippen LogP contribution in [0.15, 0.2) is 48.7 Å². The summed E-state index contributed by atoms with van der Waals surface area (Å²) in [6.45, 7) is 3.40. The van der Waals surface area contributed by atoms with E-state index in [0.29, 0.717) is 11.6 Å². The average Bonchev–Trinajstić information content (AvgIpc) is 3.36.